The molecule has 3 aromatic carbocycles. The number of thioether (sulfide) groups is 1. The third-order valence-corrected chi connectivity index (χ3v) is 6.54. The van der Waals surface area contributed by atoms with E-state index in [1.807, 2.05) is 69.3 Å². The van der Waals surface area contributed by atoms with Crippen molar-refractivity contribution in [1.29, 1.82) is 0 Å². The first-order valence-corrected chi connectivity index (χ1v) is 11.6. The van der Waals surface area contributed by atoms with Gasteiger partial charge in [-0.15, -0.1) is 0 Å². The van der Waals surface area contributed by atoms with Gasteiger partial charge in [0.05, 0.1) is 16.6 Å². The zero-order chi connectivity index (χ0) is 23.1. The number of rotatable bonds is 4. The first kappa shape index (κ1) is 21.2. The zero-order valence-electron chi connectivity index (χ0n) is 18.6. The smallest absolute Gasteiger partial charge is 0.336 e. The second-order valence-corrected chi connectivity index (χ2v) is 9.22. The highest BCUT2D eigenvalue weighted by Gasteiger charge is 2.15. The number of para-hydroxylation sites is 1. The molecule has 0 amide bonds. The molecule has 0 aliphatic heterocycles. The lowest BCUT2D eigenvalue weighted by molar-refractivity contribution is 0.559. The maximum atomic E-state index is 13.5. The average molecular weight is 455 g/mol. The van der Waals surface area contributed by atoms with Gasteiger partial charge in [-0.3, -0.25) is 9.36 Å². The van der Waals surface area contributed by atoms with Gasteiger partial charge in [-0.1, -0.05) is 42.1 Å². The Kier molecular flexibility index (Phi) is 5.38. The predicted octanol–water partition coefficient (Wildman–Crippen LogP) is 5.71. The van der Waals surface area contributed by atoms with Crippen molar-refractivity contribution >= 4 is 33.6 Å². The summed E-state index contributed by atoms with van der Waals surface area (Å²) >= 11 is 1.43. The maximum Gasteiger partial charge on any atom is 0.336 e. The normalized spacial score (nSPS) is 11.4. The van der Waals surface area contributed by atoms with Gasteiger partial charge in [0.1, 0.15) is 5.58 Å². The fourth-order valence-electron chi connectivity index (χ4n) is 4.12. The molecule has 0 aliphatic carbocycles. The van der Waals surface area contributed by atoms with Gasteiger partial charge in [0, 0.05) is 17.2 Å². The van der Waals surface area contributed by atoms with Crippen molar-refractivity contribution < 1.29 is 4.42 Å². The third-order valence-electron chi connectivity index (χ3n) is 5.55. The van der Waals surface area contributed by atoms with Gasteiger partial charge >= 0.3 is 5.63 Å². The Bertz CT molecular complexity index is 1630. The number of benzene rings is 3. The molecule has 2 aromatic heterocycles. The predicted molar refractivity (Wildman–Crippen MR) is 134 cm³/mol. The van der Waals surface area contributed by atoms with Gasteiger partial charge in [0.2, 0.25) is 0 Å². The number of hydrogen-bond donors (Lipinski definition) is 0. The topological polar surface area (TPSA) is 65.1 Å². The third kappa shape index (κ3) is 4.10. The number of aryl methyl sites for hydroxylation is 3. The lowest BCUT2D eigenvalue weighted by atomic mass is 10.1. The minimum absolute atomic E-state index is 0.110. The Morgan fingerprint density at radius 1 is 0.848 bits per heavy atom. The Morgan fingerprint density at radius 3 is 2.39 bits per heavy atom. The largest absolute Gasteiger partial charge is 0.423 e. The molecular weight excluding hydrogens is 432 g/mol. The summed E-state index contributed by atoms with van der Waals surface area (Å²) in [6.07, 6.45) is 0. The van der Waals surface area contributed by atoms with E-state index in [1.165, 1.54) is 17.8 Å². The monoisotopic (exact) mass is 454 g/mol. The van der Waals surface area contributed by atoms with Crippen LogP contribution in [0, 0.1) is 20.8 Å². The molecule has 0 N–H and O–H groups in total. The van der Waals surface area contributed by atoms with Gasteiger partial charge in [0.25, 0.3) is 5.56 Å². The van der Waals surface area contributed by atoms with E-state index in [4.69, 9.17) is 9.40 Å². The van der Waals surface area contributed by atoms with Gasteiger partial charge in [-0.05, 0) is 73.4 Å². The van der Waals surface area contributed by atoms with Crippen LogP contribution < -0.4 is 11.2 Å². The molecule has 0 unspecified atom stereocenters. The van der Waals surface area contributed by atoms with Crippen LogP contribution >= 0.6 is 11.8 Å². The molecule has 0 spiro atoms. The lowest BCUT2D eigenvalue weighted by Crippen LogP contribution is -2.22. The van der Waals surface area contributed by atoms with Crippen LogP contribution in [0.2, 0.25) is 0 Å². The molecule has 164 valence electrons. The molecule has 0 saturated carbocycles. The molecule has 0 atom stereocenters. The van der Waals surface area contributed by atoms with Crippen molar-refractivity contribution in [2.75, 3.05) is 0 Å². The minimum atomic E-state index is -0.387. The standard InChI is InChI=1S/C27H22N2O3S/c1-16-8-9-21-19(14-25(30)32-24(21)13-16)15-33-27-28-23-7-5-4-6-22(23)26(31)29(27)20-11-17(2)10-18(3)12-20/h4-14H,15H2,1-3H3. The molecule has 0 radical (unpaired) electrons. The van der Waals surface area contributed by atoms with Crippen LogP contribution in [0.5, 0.6) is 0 Å². The highest BCUT2D eigenvalue weighted by atomic mass is 32.2. The van der Waals surface area contributed by atoms with E-state index in [1.54, 1.807) is 10.6 Å². The van der Waals surface area contributed by atoms with Crippen molar-refractivity contribution in [1.82, 2.24) is 9.55 Å². The van der Waals surface area contributed by atoms with Crippen LogP contribution in [0.25, 0.3) is 27.6 Å². The summed E-state index contributed by atoms with van der Waals surface area (Å²) in [5, 5.41) is 2.04. The summed E-state index contributed by atoms with van der Waals surface area (Å²) in [7, 11) is 0. The Morgan fingerprint density at radius 2 is 1.61 bits per heavy atom. The first-order chi connectivity index (χ1) is 15.9. The summed E-state index contributed by atoms with van der Waals surface area (Å²) in [5.41, 5.74) is 5.52. The molecule has 0 saturated heterocycles. The number of aromatic nitrogens is 2. The highest BCUT2D eigenvalue weighted by molar-refractivity contribution is 7.98. The van der Waals surface area contributed by atoms with E-state index in [0.29, 0.717) is 27.4 Å². The summed E-state index contributed by atoms with van der Waals surface area (Å²) in [6.45, 7) is 5.99. The van der Waals surface area contributed by atoms with Crippen molar-refractivity contribution in [3.63, 3.8) is 0 Å². The van der Waals surface area contributed by atoms with Gasteiger partial charge in [-0.25, -0.2) is 9.78 Å². The van der Waals surface area contributed by atoms with Crippen molar-refractivity contribution in [3.8, 4) is 5.69 Å². The van der Waals surface area contributed by atoms with E-state index in [-0.39, 0.29) is 11.2 Å². The van der Waals surface area contributed by atoms with Crippen LogP contribution in [-0.2, 0) is 5.75 Å². The fraction of sp³-hybridized carbons (Fsp3) is 0.148. The van der Waals surface area contributed by atoms with Gasteiger partial charge in [-0.2, -0.15) is 0 Å². The lowest BCUT2D eigenvalue weighted by Gasteiger charge is -2.15. The average Bonchev–Trinajstić information content (AvgIpc) is 2.76. The fourth-order valence-corrected chi connectivity index (χ4v) is 5.12. The summed E-state index contributed by atoms with van der Waals surface area (Å²) < 4.78 is 7.07. The van der Waals surface area contributed by atoms with Crippen LogP contribution in [0.1, 0.15) is 22.3 Å². The van der Waals surface area contributed by atoms with Crippen molar-refractivity contribution in [2.45, 2.75) is 31.7 Å². The maximum absolute atomic E-state index is 13.5. The Labute approximate surface area is 194 Å². The SMILES string of the molecule is Cc1cc(C)cc(-n2c(SCc3cc(=O)oc4cc(C)ccc34)nc3ccccc3c2=O)c1. The number of fused-ring (bicyclic) bond motifs is 2. The van der Waals surface area contributed by atoms with Crippen molar-refractivity contribution in [3.05, 3.63) is 110 Å². The quantitative estimate of drug-likeness (QED) is 0.198. The molecule has 5 rings (SSSR count). The van der Waals surface area contributed by atoms with E-state index in [9.17, 15) is 9.59 Å². The Balaban J connectivity index is 1.66. The summed E-state index contributed by atoms with van der Waals surface area (Å²) in [4.78, 5) is 30.5. The molecule has 5 nitrogen and oxygen atoms in total. The van der Waals surface area contributed by atoms with Crippen LogP contribution in [0.3, 0.4) is 0 Å². The van der Waals surface area contributed by atoms with E-state index in [0.717, 1.165) is 33.3 Å². The van der Waals surface area contributed by atoms with Gasteiger partial charge in [0.15, 0.2) is 5.16 Å². The molecule has 0 aliphatic rings. The number of hydrogen-bond acceptors (Lipinski definition) is 5. The van der Waals surface area contributed by atoms with E-state index >= 15 is 0 Å². The molecule has 5 aromatic rings. The number of nitrogens with zero attached hydrogens (tertiary/aromatic N) is 2. The molecule has 0 fully saturated rings. The Hall–Kier alpha value is -3.64. The van der Waals surface area contributed by atoms with E-state index in [2.05, 4.69) is 6.07 Å². The molecule has 2 heterocycles. The molecule has 6 heteroatoms. The van der Waals surface area contributed by atoms with Crippen LogP contribution in [0.4, 0.5) is 0 Å². The molecular formula is C27H22N2O3S. The molecule has 33 heavy (non-hydrogen) atoms. The molecule has 0 bridgehead atoms. The summed E-state index contributed by atoms with van der Waals surface area (Å²) in [6, 6.07) is 20.8. The summed E-state index contributed by atoms with van der Waals surface area (Å²) in [5.74, 6) is 0.473. The second kappa shape index (κ2) is 8.37. The highest BCUT2D eigenvalue weighted by Crippen LogP contribution is 2.28. The minimum Gasteiger partial charge on any atom is -0.423 e. The van der Waals surface area contributed by atoms with Crippen LogP contribution in [-0.4, -0.2) is 9.55 Å². The zero-order valence-corrected chi connectivity index (χ0v) is 19.4. The van der Waals surface area contributed by atoms with Gasteiger partial charge < -0.3 is 4.42 Å². The second-order valence-electron chi connectivity index (χ2n) is 8.28. The first-order valence-electron chi connectivity index (χ1n) is 10.7. The van der Waals surface area contributed by atoms with E-state index < -0.39 is 0 Å². The van der Waals surface area contributed by atoms with Crippen molar-refractivity contribution in [2.24, 2.45) is 0 Å². The van der Waals surface area contributed by atoms with Crippen LogP contribution in [0.15, 0.2) is 85.9 Å².